The van der Waals surface area contributed by atoms with Crippen molar-refractivity contribution in [2.45, 2.75) is 6.54 Å². The minimum absolute atomic E-state index is 0.143. The van der Waals surface area contributed by atoms with E-state index >= 15 is 0 Å². The summed E-state index contributed by atoms with van der Waals surface area (Å²) in [6, 6.07) is 15.5. The second-order valence-electron chi connectivity index (χ2n) is 5.68. The van der Waals surface area contributed by atoms with Crippen molar-refractivity contribution in [2.75, 3.05) is 0 Å². The molecule has 0 amide bonds. The molecule has 6 heteroatoms. The van der Waals surface area contributed by atoms with Gasteiger partial charge in [0.1, 0.15) is 6.54 Å². The standard InChI is InChI=1S/C20H14N2O4/c21-10-15(13-5-7-14(8-6-13)20(25)26)9-16-11-22(12-19(23)24)18-4-2-1-3-17(16)18/h1-9,11H,12H2,(H,23,24)(H,25,26). The van der Waals surface area contributed by atoms with E-state index in [1.165, 1.54) is 12.1 Å². The predicted octanol–water partition coefficient (Wildman–Crippen LogP) is 3.49. The fourth-order valence-electron chi connectivity index (χ4n) is 2.79. The second-order valence-corrected chi connectivity index (χ2v) is 5.68. The third-order valence-electron chi connectivity index (χ3n) is 3.99. The Morgan fingerprint density at radius 3 is 2.31 bits per heavy atom. The normalized spacial score (nSPS) is 11.3. The van der Waals surface area contributed by atoms with Gasteiger partial charge < -0.3 is 14.8 Å². The fraction of sp³-hybridized carbons (Fsp3) is 0.0500. The van der Waals surface area contributed by atoms with Crippen LogP contribution in [0.15, 0.2) is 54.7 Å². The van der Waals surface area contributed by atoms with Crippen LogP contribution in [0.25, 0.3) is 22.6 Å². The fourth-order valence-corrected chi connectivity index (χ4v) is 2.79. The van der Waals surface area contributed by atoms with Crippen molar-refractivity contribution in [3.63, 3.8) is 0 Å². The van der Waals surface area contributed by atoms with E-state index < -0.39 is 11.9 Å². The Labute approximate surface area is 148 Å². The van der Waals surface area contributed by atoms with Crippen molar-refractivity contribution in [2.24, 2.45) is 0 Å². The van der Waals surface area contributed by atoms with Gasteiger partial charge in [-0.25, -0.2) is 4.79 Å². The van der Waals surface area contributed by atoms with Crippen LogP contribution < -0.4 is 0 Å². The number of nitriles is 1. The zero-order chi connectivity index (χ0) is 18.7. The highest BCUT2D eigenvalue weighted by atomic mass is 16.4. The Kier molecular flexibility index (Phi) is 4.54. The maximum Gasteiger partial charge on any atom is 0.335 e. The molecule has 1 aromatic heterocycles. The molecule has 0 aliphatic rings. The summed E-state index contributed by atoms with van der Waals surface area (Å²) in [7, 11) is 0. The zero-order valence-electron chi connectivity index (χ0n) is 13.6. The third kappa shape index (κ3) is 3.32. The number of aromatic carboxylic acids is 1. The summed E-state index contributed by atoms with van der Waals surface area (Å²) in [4.78, 5) is 22.0. The summed E-state index contributed by atoms with van der Waals surface area (Å²) in [5.41, 5.74) is 2.58. The number of carboxylic acids is 2. The van der Waals surface area contributed by atoms with Crippen LogP contribution in [0.3, 0.4) is 0 Å². The Morgan fingerprint density at radius 2 is 1.69 bits per heavy atom. The van der Waals surface area contributed by atoms with E-state index in [1.54, 1.807) is 29.0 Å². The van der Waals surface area contributed by atoms with Crippen LogP contribution in [0.5, 0.6) is 0 Å². The van der Waals surface area contributed by atoms with Crippen LogP contribution in [-0.4, -0.2) is 26.7 Å². The minimum Gasteiger partial charge on any atom is -0.480 e. The molecule has 0 bridgehead atoms. The summed E-state index contributed by atoms with van der Waals surface area (Å²) >= 11 is 0. The highest BCUT2D eigenvalue weighted by molar-refractivity contribution is 5.98. The van der Waals surface area contributed by atoms with Crippen LogP contribution >= 0.6 is 0 Å². The predicted molar refractivity (Wildman–Crippen MR) is 96.5 cm³/mol. The monoisotopic (exact) mass is 346 g/mol. The van der Waals surface area contributed by atoms with Crippen LogP contribution in [0.4, 0.5) is 0 Å². The molecule has 0 unspecified atom stereocenters. The van der Waals surface area contributed by atoms with Gasteiger partial charge in [-0.1, -0.05) is 30.3 Å². The first-order chi connectivity index (χ1) is 12.5. The van der Waals surface area contributed by atoms with E-state index in [4.69, 9.17) is 10.2 Å². The summed E-state index contributed by atoms with van der Waals surface area (Å²) in [6.07, 6.45) is 3.37. The number of hydrogen-bond donors (Lipinski definition) is 2. The SMILES string of the molecule is N#CC(=Cc1cn(CC(=O)O)c2ccccc12)c1ccc(C(=O)O)cc1. The maximum atomic E-state index is 11.1. The second kappa shape index (κ2) is 6.95. The molecule has 0 radical (unpaired) electrons. The Bertz CT molecular complexity index is 1070. The van der Waals surface area contributed by atoms with Crippen molar-refractivity contribution in [3.05, 3.63) is 71.4 Å². The average molecular weight is 346 g/mol. The number of para-hydroxylation sites is 1. The summed E-state index contributed by atoms with van der Waals surface area (Å²) in [6.45, 7) is -0.177. The minimum atomic E-state index is -1.03. The molecule has 0 saturated heterocycles. The van der Waals surface area contributed by atoms with E-state index in [0.29, 0.717) is 11.1 Å². The quantitative estimate of drug-likeness (QED) is 0.688. The number of nitrogens with zero attached hydrogens (tertiary/aromatic N) is 2. The first-order valence-corrected chi connectivity index (χ1v) is 7.75. The van der Waals surface area contributed by atoms with Crippen LogP contribution in [0, 0.1) is 11.3 Å². The van der Waals surface area contributed by atoms with E-state index in [2.05, 4.69) is 6.07 Å². The van der Waals surface area contributed by atoms with Gasteiger partial charge in [-0.15, -0.1) is 0 Å². The molecule has 0 aliphatic carbocycles. The molecule has 0 spiro atoms. The van der Waals surface area contributed by atoms with Gasteiger partial charge in [0.25, 0.3) is 0 Å². The van der Waals surface area contributed by atoms with E-state index in [9.17, 15) is 14.9 Å². The van der Waals surface area contributed by atoms with Gasteiger partial charge in [0.15, 0.2) is 0 Å². The van der Waals surface area contributed by atoms with Gasteiger partial charge in [-0.2, -0.15) is 5.26 Å². The highest BCUT2D eigenvalue weighted by Gasteiger charge is 2.11. The topological polar surface area (TPSA) is 103 Å². The number of hydrogen-bond acceptors (Lipinski definition) is 3. The molecule has 1 heterocycles. The molecule has 3 aromatic rings. The molecule has 6 nitrogen and oxygen atoms in total. The van der Waals surface area contributed by atoms with E-state index in [1.807, 2.05) is 24.3 Å². The first-order valence-electron chi connectivity index (χ1n) is 7.75. The molecule has 0 atom stereocenters. The number of carbonyl (C=O) groups is 2. The van der Waals surface area contributed by atoms with Crippen molar-refractivity contribution >= 4 is 34.5 Å². The molecule has 2 N–H and O–H groups in total. The van der Waals surface area contributed by atoms with Gasteiger partial charge in [0.2, 0.25) is 0 Å². The molecular weight excluding hydrogens is 332 g/mol. The van der Waals surface area contributed by atoms with Crippen molar-refractivity contribution < 1.29 is 19.8 Å². The van der Waals surface area contributed by atoms with Crippen LogP contribution in [-0.2, 0) is 11.3 Å². The lowest BCUT2D eigenvalue weighted by Crippen LogP contribution is -2.07. The summed E-state index contributed by atoms with van der Waals surface area (Å²) in [5.74, 6) is -1.98. The molecule has 26 heavy (non-hydrogen) atoms. The number of aromatic nitrogens is 1. The van der Waals surface area contributed by atoms with Gasteiger partial charge in [-0.05, 0) is 29.8 Å². The number of carboxylic acid groups (broad SMARTS) is 2. The molecule has 128 valence electrons. The molecule has 0 aliphatic heterocycles. The number of rotatable bonds is 5. The highest BCUT2D eigenvalue weighted by Crippen LogP contribution is 2.26. The maximum absolute atomic E-state index is 11.1. The molecule has 2 aromatic carbocycles. The van der Waals surface area contributed by atoms with Gasteiger partial charge in [0.05, 0.1) is 17.2 Å². The van der Waals surface area contributed by atoms with Crippen molar-refractivity contribution in [1.82, 2.24) is 4.57 Å². The Balaban J connectivity index is 2.08. The summed E-state index contributed by atoms with van der Waals surface area (Å²) in [5, 5.41) is 28.4. The largest absolute Gasteiger partial charge is 0.480 e. The number of allylic oxidation sites excluding steroid dienone is 1. The van der Waals surface area contributed by atoms with Crippen molar-refractivity contribution in [1.29, 1.82) is 5.26 Å². The Hall–Kier alpha value is -3.85. The molecule has 0 fully saturated rings. The lowest BCUT2D eigenvalue weighted by Gasteiger charge is -2.00. The van der Waals surface area contributed by atoms with Crippen LogP contribution in [0.2, 0.25) is 0 Å². The average Bonchev–Trinajstić information content (AvgIpc) is 2.97. The third-order valence-corrected chi connectivity index (χ3v) is 3.99. The van der Waals surface area contributed by atoms with E-state index in [-0.39, 0.29) is 12.1 Å². The first kappa shape index (κ1) is 17.0. The summed E-state index contributed by atoms with van der Waals surface area (Å²) < 4.78 is 1.62. The van der Waals surface area contributed by atoms with Crippen molar-refractivity contribution in [3.8, 4) is 6.07 Å². The number of benzene rings is 2. The lowest BCUT2D eigenvalue weighted by atomic mass is 10.0. The van der Waals surface area contributed by atoms with Crippen LogP contribution in [0.1, 0.15) is 21.5 Å². The molecule has 3 rings (SSSR count). The van der Waals surface area contributed by atoms with Gasteiger partial charge in [0, 0.05) is 22.7 Å². The smallest absolute Gasteiger partial charge is 0.335 e. The van der Waals surface area contributed by atoms with Gasteiger partial charge >= 0.3 is 11.9 Å². The number of fused-ring (bicyclic) bond motifs is 1. The lowest BCUT2D eigenvalue weighted by molar-refractivity contribution is -0.137. The van der Waals surface area contributed by atoms with Gasteiger partial charge in [-0.3, -0.25) is 4.79 Å². The zero-order valence-corrected chi connectivity index (χ0v) is 13.6. The molecule has 0 saturated carbocycles. The number of aliphatic carboxylic acids is 1. The Morgan fingerprint density at radius 1 is 1.04 bits per heavy atom. The molecular formula is C20H14N2O4. The van der Waals surface area contributed by atoms with E-state index in [0.717, 1.165) is 16.5 Å².